The largest absolute Gasteiger partial charge is 0.356 e. The van der Waals surface area contributed by atoms with Gasteiger partial charge in [-0.1, -0.05) is 0 Å². The number of rotatable bonds is 2. The van der Waals surface area contributed by atoms with Crippen LogP contribution in [0.2, 0.25) is 0 Å². The molecule has 1 aromatic heterocycles. The number of piperidine rings is 2. The summed E-state index contributed by atoms with van der Waals surface area (Å²) in [7, 11) is 1.95. The molecule has 1 atom stereocenters. The van der Waals surface area contributed by atoms with E-state index in [1.165, 1.54) is 0 Å². The van der Waals surface area contributed by atoms with E-state index >= 15 is 0 Å². The Labute approximate surface area is 154 Å². The summed E-state index contributed by atoms with van der Waals surface area (Å²) in [5.74, 6) is 2.02. The molecule has 1 unspecified atom stereocenters. The fourth-order valence-electron chi connectivity index (χ4n) is 4.31. The topological polar surface area (TPSA) is 90.6 Å². The third kappa shape index (κ3) is 3.35. The van der Waals surface area contributed by atoms with Crippen LogP contribution in [-0.2, 0) is 11.3 Å². The van der Waals surface area contributed by atoms with Gasteiger partial charge in [0.15, 0.2) is 0 Å². The molecule has 0 spiro atoms. The summed E-state index contributed by atoms with van der Waals surface area (Å²) in [6.07, 6.45) is 5.74. The molecule has 0 bridgehead atoms. The van der Waals surface area contributed by atoms with Crippen molar-refractivity contribution in [1.29, 1.82) is 0 Å². The zero-order valence-corrected chi connectivity index (χ0v) is 15.5. The molecule has 26 heavy (non-hydrogen) atoms. The molecule has 4 rings (SSSR count). The second-order valence-corrected chi connectivity index (χ2v) is 7.70. The molecular weight excluding hydrogens is 330 g/mol. The van der Waals surface area contributed by atoms with Gasteiger partial charge in [0.05, 0.1) is 18.7 Å². The van der Waals surface area contributed by atoms with E-state index in [2.05, 4.69) is 20.2 Å². The number of fused-ring (bicyclic) bond motifs is 1. The lowest BCUT2D eigenvalue weighted by Crippen LogP contribution is -2.49. The number of carbonyl (C=O) groups is 1. The molecule has 0 radical (unpaired) electrons. The van der Waals surface area contributed by atoms with E-state index in [1.54, 1.807) is 6.33 Å². The average molecular weight is 359 g/mol. The monoisotopic (exact) mass is 359 g/mol. The predicted molar refractivity (Wildman–Crippen MR) is 101 cm³/mol. The molecule has 8 heteroatoms. The summed E-state index contributed by atoms with van der Waals surface area (Å²) < 4.78 is 0. The minimum atomic E-state index is 0.172. The van der Waals surface area contributed by atoms with Gasteiger partial charge in [-0.25, -0.2) is 9.97 Å². The first-order valence-electron chi connectivity index (χ1n) is 9.69. The summed E-state index contributed by atoms with van der Waals surface area (Å²) in [6.45, 7) is 4.68. The highest BCUT2D eigenvalue weighted by Crippen LogP contribution is 2.32. The fraction of sp³-hybridized carbons (Fsp3) is 0.722. The van der Waals surface area contributed by atoms with Crippen LogP contribution in [0.1, 0.15) is 31.2 Å². The molecule has 4 heterocycles. The van der Waals surface area contributed by atoms with Gasteiger partial charge in [0.2, 0.25) is 5.91 Å². The number of nitrogens with one attached hydrogen (secondary N) is 1. The van der Waals surface area contributed by atoms with Gasteiger partial charge in [0.25, 0.3) is 0 Å². The summed E-state index contributed by atoms with van der Waals surface area (Å²) >= 11 is 0. The normalized spacial score (nSPS) is 25.2. The lowest BCUT2D eigenvalue weighted by Gasteiger charge is -2.35. The number of hydrogen-bond acceptors (Lipinski definition) is 7. The van der Waals surface area contributed by atoms with Crippen LogP contribution in [0.4, 0.5) is 11.6 Å². The van der Waals surface area contributed by atoms with E-state index in [-0.39, 0.29) is 18.0 Å². The fourth-order valence-corrected chi connectivity index (χ4v) is 4.31. The van der Waals surface area contributed by atoms with Crippen molar-refractivity contribution >= 4 is 17.5 Å². The van der Waals surface area contributed by atoms with Crippen molar-refractivity contribution in [3.8, 4) is 0 Å². The summed E-state index contributed by atoms with van der Waals surface area (Å²) in [5.41, 5.74) is 7.14. The van der Waals surface area contributed by atoms with Crippen LogP contribution < -0.4 is 20.9 Å². The van der Waals surface area contributed by atoms with Crippen molar-refractivity contribution in [1.82, 2.24) is 20.2 Å². The van der Waals surface area contributed by atoms with Gasteiger partial charge < -0.3 is 25.8 Å². The molecule has 0 aliphatic carbocycles. The van der Waals surface area contributed by atoms with E-state index in [1.807, 2.05) is 16.8 Å². The third-order valence-corrected chi connectivity index (χ3v) is 5.83. The Morgan fingerprint density at radius 2 is 1.92 bits per heavy atom. The number of amides is 1. The number of likely N-dealkylation sites (N-methyl/N-ethyl adjacent to an activating group) is 1. The SMILES string of the molecule is CN1CC(=O)N(C2CCCNC2)Cc2c1ncnc2N1CCC(N)CC1. The van der Waals surface area contributed by atoms with Crippen molar-refractivity contribution in [2.75, 3.05) is 49.6 Å². The molecule has 3 aliphatic heterocycles. The molecule has 0 aromatic carbocycles. The van der Waals surface area contributed by atoms with Gasteiger partial charge in [0, 0.05) is 38.8 Å². The number of anilines is 2. The van der Waals surface area contributed by atoms with E-state index in [0.29, 0.717) is 13.1 Å². The second kappa shape index (κ2) is 7.36. The number of nitrogens with two attached hydrogens (primary N) is 1. The maximum Gasteiger partial charge on any atom is 0.242 e. The molecule has 2 saturated heterocycles. The highest BCUT2D eigenvalue weighted by Gasteiger charge is 2.33. The number of carbonyl (C=O) groups excluding carboxylic acids is 1. The Balaban J connectivity index is 1.66. The summed E-state index contributed by atoms with van der Waals surface area (Å²) in [6, 6.07) is 0.527. The lowest BCUT2D eigenvalue weighted by atomic mass is 10.0. The zero-order chi connectivity index (χ0) is 18.1. The van der Waals surface area contributed by atoms with E-state index < -0.39 is 0 Å². The standard InChI is InChI=1S/C18H29N7O/c1-23-11-16(26)25(14-3-2-6-20-9-14)10-15-17(23)21-12-22-18(15)24-7-4-13(19)5-8-24/h12-14,20H,2-11,19H2,1H3. The molecule has 142 valence electrons. The first-order chi connectivity index (χ1) is 12.6. The smallest absolute Gasteiger partial charge is 0.242 e. The van der Waals surface area contributed by atoms with Crippen LogP contribution in [-0.4, -0.2) is 72.6 Å². The molecule has 8 nitrogen and oxygen atoms in total. The molecule has 2 fully saturated rings. The van der Waals surface area contributed by atoms with Crippen LogP contribution in [0.3, 0.4) is 0 Å². The minimum Gasteiger partial charge on any atom is -0.356 e. The average Bonchev–Trinajstić information content (AvgIpc) is 2.79. The van der Waals surface area contributed by atoms with Crippen molar-refractivity contribution in [2.45, 2.75) is 44.3 Å². The number of hydrogen-bond donors (Lipinski definition) is 2. The van der Waals surface area contributed by atoms with Gasteiger partial charge in [0.1, 0.15) is 18.0 Å². The van der Waals surface area contributed by atoms with Crippen LogP contribution in [0.15, 0.2) is 6.33 Å². The molecule has 1 amide bonds. The third-order valence-electron chi connectivity index (χ3n) is 5.83. The van der Waals surface area contributed by atoms with Crippen LogP contribution in [0.25, 0.3) is 0 Å². The van der Waals surface area contributed by atoms with Crippen molar-refractivity contribution < 1.29 is 4.79 Å². The van der Waals surface area contributed by atoms with Crippen LogP contribution in [0.5, 0.6) is 0 Å². The van der Waals surface area contributed by atoms with Crippen LogP contribution >= 0.6 is 0 Å². The molecule has 3 aliphatic rings. The minimum absolute atomic E-state index is 0.172. The Morgan fingerprint density at radius 1 is 1.15 bits per heavy atom. The Hall–Kier alpha value is -1.93. The van der Waals surface area contributed by atoms with Crippen molar-refractivity contribution in [3.63, 3.8) is 0 Å². The quantitative estimate of drug-likeness (QED) is 0.764. The Kier molecular flexibility index (Phi) is 4.95. The maximum absolute atomic E-state index is 12.9. The summed E-state index contributed by atoms with van der Waals surface area (Å²) in [4.78, 5) is 28.3. The second-order valence-electron chi connectivity index (χ2n) is 7.70. The lowest BCUT2D eigenvalue weighted by molar-refractivity contribution is -0.132. The van der Waals surface area contributed by atoms with E-state index in [9.17, 15) is 4.79 Å². The molecule has 0 saturated carbocycles. The van der Waals surface area contributed by atoms with Gasteiger partial charge in [-0.2, -0.15) is 0 Å². The van der Waals surface area contributed by atoms with Gasteiger partial charge in [-0.05, 0) is 32.2 Å². The first kappa shape index (κ1) is 17.5. The number of aromatic nitrogens is 2. The van der Waals surface area contributed by atoms with E-state index in [0.717, 1.165) is 69.1 Å². The first-order valence-corrected chi connectivity index (χ1v) is 9.69. The zero-order valence-electron chi connectivity index (χ0n) is 15.5. The Morgan fingerprint density at radius 3 is 2.65 bits per heavy atom. The summed E-state index contributed by atoms with van der Waals surface area (Å²) in [5, 5.41) is 3.43. The highest BCUT2D eigenvalue weighted by atomic mass is 16.2. The predicted octanol–water partition coefficient (Wildman–Crippen LogP) is -0.0655. The molecule has 1 aromatic rings. The van der Waals surface area contributed by atoms with Gasteiger partial charge in [-0.3, -0.25) is 4.79 Å². The van der Waals surface area contributed by atoms with Crippen LogP contribution in [0, 0.1) is 0 Å². The van der Waals surface area contributed by atoms with Gasteiger partial charge in [-0.15, -0.1) is 0 Å². The molecular formula is C18H29N7O. The van der Waals surface area contributed by atoms with Gasteiger partial charge >= 0.3 is 0 Å². The number of nitrogens with zero attached hydrogens (tertiary/aromatic N) is 5. The highest BCUT2D eigenvalue weighted by molar-refractivity contribution is 5.84. The van der Waals surface area contributed by atoms with Crippen molar-refractivity contribution in [2.24, 2.45) is 5.73 Å². The van der Waals surface area contributed by atoms with Crippen molar-refractivity contribution in [3.05, 3.63) is 11.9 Å². The molecule has 3 N–H and O–H groups in total. The van der Waals surface area contributed by atoms with E-state index in [4.69, 9.17) is 5.73 Å². The Bertz CT molecular complexity index is 653. The maximum atomic E-state index is 12.9.